The van der Waals surface area contributed by atoms with E-state index in [1.165, 1.54) is 11.1 Å². The molecule has 0 unspecified atom stereocenters. The second-order valence-corrected chi connectivity index (χ2v) is 4.70. The second kappa shape index (κ2) is 5.17. The molecule has 1 N–H and O–H groups in total. The van der Waals surface area contributed by atoms with Crippen LogP contribution in [0.2, 0.25) is 0 Å². The fourth-order valence-corrected chi connectivity index (χ4v) is 1.84. The third kappa shape index (κ3) is 2.86. The zero-order valence-electron chi connectivity index (χ0n) is 9.20. The highest BCUT2D eigenvalue weighted by atomic mass is 79.9. The molecule has 0 saturated heterocycles. The number of hydrogen-bond acceptors (Lipinski definition) is 1. The van der Waals surface area contributed by atoms with Crippen LogP contribution in [0.1, 0.15) is 11.1 Å². The summed E-state index contributed by atoms with van der Waals surface area (Å²) in [5.74, 6) is 0. The van der Waals surface area contributed by atoms with Crippen molar-refractivity contribution in [3.63, 3.8) is 0 Å². The van der Waals surface area contributed by atoms with Gasteiger partial charge in [-0.1, -0.05) is 40.2 Å². The van der Waals surface area contributed by atoms with Crippen LogP contribution in [0.3, 0.4) is 0 Å². The predicted octanol–water partition coefficient (Wildman–Crippen LogP) is 4.37. The first kappa shape index (κ1) is 11.2. The average Bonchev–Trinajstić information content (AvgIpc) is 2.30. The number of halogens is 1. The van der Waals surface area contributed by atoms with Crippen LogP contribution >= 0.6 is 15.9 Å². The Hall–Kier alpha value is -1.28. The van der Waals surface area contributed by atoms with Crippen molar-refractivity contribution in [2.75, 3.05) is 5.32 Å². The van der Waals surface area contributed by atoms with Crippen LogP contribution in [-0.2, 0) is 6.54 Å². The van der Waals surface area contributed by atoms with Gasteiger partial charge in [0.2, 0.25) is 0 Å². The van der Waals surface area contributed by atoms with Crippen molar-refractivity contribution in [1.29, 1.82) is 0 Å². The van der Waals surface area contributed by atoms with Gasteiger partial charge < -0.3 is 5.32 Å². The molecule has 1 nitrogen and oxygen atoms in total. The van der Waals surface area contributed by atoms with Gasteiger partial charge in [0.1, 0.15) is 0 Å². The highest BCUT2D eigenvalue weighted by Crippen LogP contribution is 2.15. The summed E-state index contributed by atoms with van der Waals surface area (Å²) >= 11 is 3.43. The van der Waals surface area contributed by atoms with Gasteiger partial charge in [0.15, 0.2) is 0 Å². The Labute approximate surface area is 105 Å². The molecule has 2 aromatic carbocycles. The highest BCUT2D eigenvalue weighted by Gasteiger charge is 1.96. The largest absolute Gasteiger partial charge is 0.381 e. The zero-order chi connectivity index (χ0) is 11.4. The topological polar surface area (TPSA) is 12.0 Å². The molecule has 0 bridgehead atoms. The molecule has 2 aromatic rings. The molecule has 0 aliphatic carbocycles. The minimum absolute atomic E-state index is 0.869. The Kier molecular flexibility index (Phi) is 3.62. The van der Waals surface area contributed by atoms with Crippen LogP contribution < -0.4 is 5.32 Å². The number of nitrogens with one attached hydrogen (secondary N) is 1. The van der Waals surface area contributed by atoms with Crippen LogP contribution in [-0.4, -0.2) is 0 Å². The van der Waals surface area contributed by atoms with E-state index in [4.69, 9.17) is 0 Å². The maximum absolute atomic E-state index is 3.43. The molecule has 0 aliphatic rings. The van der Waals surface area contributed by atoms with Crippen molar-refractivity contribution >= 4 is 21.6 Å². The first-order chi connectivity index (χ1) is 7.75. The van der Waals surface area contributed by atoms with Gasteiger partial charge in [0.05, 0.1) is 0 Å². The normalized spacial score (nSPS) is 10.1. The van der Waals surface area contributed by atoms with Crippen LogP contribution in [0.15, 0.2) is 53.0 Å². The third-order valence-corrected chi connectivity index (χ3v) is 3.12. The number of aryl methyl sites for hydroxylation is 1. The Bertz CT molecular complexity index is 462. The molecule has 0 aromatic heterocycles. The molecule has 0 fully saturated rings. The molecule has 0 amide bonds. The van der Waals surface area contributed by atoms with E-state index in [1.54, 1.807) is 0 Å². The van der Waals surface area contributed by atoms with Gasteiger partial charge in [-0.3, -0.25) is 0 Å². The smallest absolute Gasteiger partial charge is 0.0403 e. The summed E-state index contributed by atoms with van der Waals surface area (Å²) in [6, 6.07) is 16.7. The van der Waals surface area contributed by atoms with Crippen LogP contribution in [0.5, 0.6) is 0 Å². The summed E-state index contributed by atoms with van der Waals surface area (Å²) in [5, 5.41) is 3.41. The molecule has 2 heteroatoms. The van der Waals surface area contributed by atoms with Crippen LogP contribution in [0, 0.1) is 6.92 Å². The maximum Gasteiger partial charge on any atom is 0.0403 e. The molecular formula is C14H14BrN. The second-order valence-electron chi connectivity index (χ2n) is 3.79. The SMILES string of the molecule is Cc1ccccc1CNc1ccc(Br)cc1. The zero-order valence-corrected chi connectivity index (χ0v) is 10.8. The summed E-state index contributed by atoms with van der Waals surface area (Å²) in [4.78, 5) is 0. The van der Waals surface area contributed by atoms with E-state index in [-0.39, 0.29) is 0 Å². The standard InChI is InChI=1S/C14H14BrN/c1-11-4-2-3-5-12(11)10-16-14-8-6-13(15)7-9-14/h2-9,16H,10H2,1H3. The van der Waals surface area contributed by atoms with E-state index in [9.17, 15) is 0 Å². The van der Waals surface area contributed by atoms with E-state index in [0.29, 0.717) is 0 Å². The lowest BCUT2D eigenvalue weighted by Gasteiger charge is -2.08. The Morgan fingerprint density at radius 2 is 1.69 bits per heavy atom. The molecular weight excluding hydrogens is 262 g/mol. The average molecular weight is 276 g/mol. The summed E-state index contributed by atoms with van der Waals surface area (Å²) in [6.45, 7) is 3.01. The van der Waals surface area contributed by atoms with Gasteiger partial charge in [0.25, 0.3) is 0 Å². The van der Waals surface area contributed by atoms with Gasteiger partial charge in [-0.2, -0.15) is 0 Å². The molecule has 2 rings (SSSR count). The maximum atomic E-state index is 3.43. The Morgan fingerprint density at radius 3 is 2.38 bits per heavy atom. The lowest BCUT2D eigenvalue weighted by Crippen LogP contribution is -2.00. The summed E-state index contributed by atoms with van der Waals surface area (Å²) in [5.41, 5.74) is 3.81. The molecule has 0 spiro atoms. The van der Waals surface area contributed by atoms with Gasteiger partial charge in [-0.15, -0.1) is 0 Å². The van der Waals surface area contributed by atoms with Crippen molar-refractivity contribution in [3.05, 3.63) is 64.1 Å². The van der Waals surface area contributed by atoms with Crippen molar-refractivity contribution in [2.45, 2.75) is 13.5 Å². The van der Waals surface area contributed by atoms with E-state index < -0.39 is 0 Å². The van der Waals surface area contributed by atoms with Gasteiger partial charge in [-0.25, -0.2) is 0 Å². The number of benzene rings is 2. The minimum atomic E-state index is 0.869. The fraction of sp³-hybridized carbons (Fsp3) is 0.143. The van der Waals surface area contributed by atoms with E-state index in [1.807, 2.05) is 12.1 Å². The summed E-state index contributed by atoms with van der Waals surface area (Å²) in [6.07, 6.45) is 0. The van der Waals surface area contributed by atoms with Crippen molar-refractivity contribution < 1.29 is 0 Å². The highest BCUT2D eigenvalue weighted by molar-refractivity contribution is 9.10. The first-order valence-electron chi connectivity index (χ1n) is 5.29. The van der Waals surface area contributed by atoms with Crippen LogP contribution in [0.25, 0.3) is 0 Å². The summed E-state index contributed by atoms with van der Waals surface area (Å²) in [7, 11) is 0. The molecule has 0 heterocycles. The monoisotopic (exact) mass is 275 g/mol. The molecule has 0 radical (unpaired) electrons. The van der Waals surface area contributed by atoms with Gasteiger partial charge in [-0.05, 0) is 42.3 Å². The van der Waals surface area contributed by atoms with Crippen molar-refractivity contribution in [1.82, 2.24) is 0 Å². The molecule has 82 valence electrons. The Morgan fingerprint density at radius 1 is 1.00 bits per heavy atom. The quantitative estimate of drug-likeness (QED) is 0.877. The predicted molar refractivity (Wildman–Crippen MR) is 72.6 cm³/mol. The minimum Gasteiger partial charge on any atom is -0.381 e. The van der Waals surface area contributed by atoms with Crippen molar-refractivity contribution in [3.8, 4) is 0 Å². The molecule has 0 atom stereocenters. The summed E-state index contributed by atoms with van der Waals surface area (Å²) < 4.78 is 1.11. The van der Waals surface area contributed by atoms with Gasteiger partial charge >= 0.3 is 0 Å². The number of rotatable bonds is 3. The lowest BCUT2D eigenvalue weighted by molar-refractivity contribution is 1.12. The lowest BCUT2D eigenvalue weighted by atomic mass is 10.1. The van der Waals surface area contributed by atoms with Gasteiger partial charge in [0, 0.05) is 16.7 Å². The third-order valence-electron chi connectivity index (χ3n) is 2.59. The van der Waals surface area contributed by atoms with E-state index in [2.05, 4.69) is 64.6 Å². The Balaban J connectivity index is 2.02. The van der Waals surface area contributed by atoms with E-state index >= 15 is 0 Å². The number of anilines is 1. The van der Waals surface area contributed by atoms with Crippen LogP contribution in [0.4, 0.5) is 5.69 Å². The van der Waals surface area contributed by atoms with Crippen molar-refractivity contribution in [2.24, 2.45) is 0 Å². The number of hydrogen-bond donors (Lipinski definition) is 1. The molecule has 0 aliphatic heterocycles. The van der Waals surface area contributed by atoms with E-state index in [0.717, 1.165) is 16.7 Å². The first-order valence-corrected chi connectivity index (χ1v) is 6.09. The molecule has 16 heavy (non-hydrogen) atoms. The fourth-order valence-electron chi connectivity index (χ4n) is 1.57. The molecule has 0 saturated carbocycles.